The number of hydrogen-bond donors (Lipinski definition) is 1. The molecule has 13 heavy (non-hydrogen) atoms. The highest BCUT2D eigenvalue weighted by Gasteiger charge is 2.54. The van der Waals surface area contributed by atoms with Crippen LogP contribution in [0, 0.1) is 17.8 Å². The molecule has 3 unspecified atom stereocenters. The topological polar surface area (TPSA) is 12.0 Å². The number of rotatable bonds is 5. The Morgan fingerprint density at radius 1 is 1.23 bits per heavy atom. The number of fused-ring (bicyclic) bond motifs is 1. The fourth-order valence-corrected chi connectivity index (χ4v) is 3.36. The Balaban J connectivity index is 1.78. The molecule has 0 saturated heterocycles. The summed E-state index contributed by atoms with van der Waals surface area (Å²) in [6.45, 7) is 5.81. The molecule has 2 saturated carbocycles. The number of nitrogens with one attached hydrogen (secondary N) is 1. The molecule has 2 fully saturated rings. The van der Waals surface area contributed by atoms with Crippen LogP contribution in [0.25, 0.3) is 0 Å². The van der Waals surface area contributed by atoms with Crippen LogP contribution in [0.15, 0.2) is 0 Å². The van der Waals surface area contributed by atoms with Crippen LogP contribution < -0.4 is 5.32 Å². The first-order valence-corrected chi connectivity index (χ1v) is 6.11. The van der Waals surface area contributed by atoms with Crippen molar-refractivity contribution in [1.82, 2.24) is 5.32 Å². The van der Waals surface area contributed by atoms with Gasteiger partial charge in [0.15, 0.2) is 0 Å². The van der Waals surface area contributed by atoms with Crippen LogP contribution in [-0.2, 0) is 0 Å². The van der Waals surface area contributed by atoms with Crippen molar-refractivity contribution in [3.63, 3.8) is 0 Å². The highest BCUT2D eigenvalue weighted by atomic mass is 14.9. The predicted octanol–water partition coefficient (Wildman–Crippen LogP) is 2.81. The molecular weight excluding hydrogens is 158 g/mol. The summed E-state index contributed by atoms with van der Waals surface area (Å²) >= 11 is 0. The van der Waals surface area contributed by atoms with Crippen LogP contribution in [-0.4, -0.2) is 12.6 Å². The van der Waals surface area contributed by atoms with Crippen molar-refractivity contribution in [3.05, 3.63) is 0 Å². The lowest BCUT2D eigenvalue weighted by Crippen LogP contribution is -2.32. The Morgan fingerprint density at radius 2 is 1.92 bits per heavy atom. The van der Waals surface area contributed by atoms with Gasteiger partial charge in [0.2, 0.25) is 0 Å². The molecule has 1 heteroatoms. The molecule has 0 radical (unpaired) electrons. The molecule has 0 aromatic heterocycles. The van der Waals surface area contributed by atoms with E-state index in [4.69, 9.17) is 0 Å². The molecular formula is C12H23N. The molecule has 0 spiro atoms. The van der Waals surface area contributed by atoms with Crippen molar-refractivity contribution in [2.24, 2.45) is 17.8 Å². The Hall–Kier alpha value is -0.0400. The van der Waals surface area contributed by atoms with Crippen molar-refractivity contribution >= 4 is 0 Å². The summed E-state index contributed by atoms with van der Waals surface area (Å²) in [5.41, 5.74) is 0. The summed E-state index contributed by atoms with van der Waals surface area (Å²) in [5.74, 6) is 3.30. The van der Waals surface area contributed by atoms with Crippen molar-refractivity contribution in [2.75, 3.05) is 6.54 Å². The lowest BCUT2D eigenvalue weighted by Gasteiger charge is -2.18. The van der Waals surface area contributed by atoms with Crippen molar-refractivity contribution in [3.8, 4) is 0 Å². The smallest absolute Gasteiger partial charge is 0.00981 e. The van der Waals surface area contributed by atoms with E-state index in [-0.39, 0.29) is 0 Å². The van der Waals surface area contributed by atoms with E-state index in [0.29, 0.717) is 0 Å². The zero-order valence-corrected chi connectivity index (χ0v) is 9.05. The fraction of sp³-hybridized carbons (Fsp3) is 1.00. The summed E-state index contributed by atoms with van der Waals surface area (Å²) in [6, 6.07) is 0.843. The molecule has 3 atom stereocenters. The first-order chi connectivity index (χ1) is 6.38. The average Bonchev–Trinajstić information content (AvgIpc) is 2.62. The van der Waals surface area contributed by atoms with Crippen LogP contribution in [0.1, 0.15) is 46.0 Å². The van der Waals surface area contributed by atoms with Gasteiger partial charge in [-0.25, -0.2) is 0 Å². The van der Waals surface area contributed by atoms with E-state index in [0.717, 1.165) is 23.8 Å². The van der Waals surface area contributed by atoms with Crippen LogP contribution in [0.3, 0.4) is 0 Å². The zero-order valence-electron chi connectivity index (χ0n) is 9.05. The van der Waals surface area contributed by atoms with Crippen LogP contribution in [0.4, 0.5) is 0 Å². The Labute approximate surface area is 82.3 Å². The molecule has 0 aromatic rings. The highest BCUT2D eigenvalue weighted by molar-refractivity contribution is 5.05. The molecule has 1 nitrogen and oxygen atoms in total. The van der Waals surface area contributed by atoms with Gasteiger partial charge in [-0.2, -0.15) is 0 Å². The van der Waals surface area contributed by atoms with Gasteiger partial charge < -0.3 is 5.32 Å². The van der Waals surface area contributed by atoms with E-state index >= 15 is 0 Å². The van der Waals surface area contributed by atoms with E-state index in [9.17, 15) is 0 Å². The Morgan fingerprint density at radius 3 is 2.46 bits per heavy atom. The third-order valence-electron chi connectivity index (χ3n) is 4.03. The molecule has 0 bridgehead atoms. The van der Waals surface area contributed by atoms with Gasteiger partial charge in [0, 0.05) is 6.04 Å². The van der Waals surface area contributed by atoms with Gasteiger partial charge in [0.1, 0.15) is 0 Å². The monoisotopic (exact) mass is 181 g/mol. The standard InChI is InChI=1S/C12H23N/c1-3-8-13-11(4-2)12-9-6-5-7-10(9)12/h9-13H,3-8H2,1-2H3. The van der Waals surface area contributed by atoms with Gasteiger partial charge in [-0.15, -0.1) is 0 Å². The SMILES string of the molecule is CCCNC(CC)C1C2CCCC21. The average molecular weight is 181 g/mol. The summed E-state index contributed by atoms with van der Waals surface area (Å²) in [7, 11) is 0. The molecule has 0 aromatic carbocycles. The molecule has 0 amide bonds. The lowest BCUT2D eigenvalue weighted by atomic mass is 10.0. The minimum Gasteiger partial charge on any atom is -0.314 e. The van der Waals surface area contributed by atoms with Gasteiger partial charge in [-0.05, 0) is 50.0 Å². The van der Waals surface area contributed by atoms with Gasteiger partial charge in [-0.3, -0.25) is 0 Å². The third kappa shape index (κ3) is 1.76. The van der Waals surface area contributed by atoms with Crippen LogP contribution in [0.2, 0.25) is 0 Å². The normalized spacial score (nSPS) is 38.8. The van der Waals surface area contributed by atoms with Crippen LogP contribution in [0.5, 0.6) is 0 Å². The Kier molecular flexibility index (Phi) is 2.92. The quantitative estimate of drug-likeness (QED) is 0.687. The van der Waals surface area contributed by atoms with E-state index in [2.05, 4.69) is 19.2 Å². The van der Waals surface area contributed by atoms with E-state index in [1.165, 1.54) is 38.6 Å². The largest absolute Gasteiger partial charge is 0.314 e. The maximum Gasteiger partial charge on any atom is 0.00981 e. The summed E-state index contributed by atoms with van der Waals surface area (Å²) in [5, 5.41) is 3.71. The molecule has 2 aliphatic carbocycles. The highest BCUT2D eigenvalue weighted by Crippen LogP contribution is 2.59. The van der Waals surface area contributed by atoms with Gasteiger partial charge in [-0.1, -0.05) is 20.3 Å². The summed E-state index contributed by atoms with van der Waals surface area (Å²) in [6.07, 6.45) is 7.17. The summed E-state index contributed by atoms with van der Waals surface area (Å²) in [4.78, 5) is 0. The second-order valence-corrected chi connectivity index (χ2v) is 4.80. The van der Waals surface area contributed by atoms with Crippen LogP contribution >= 0.6 is 0 Å². The second kappa shape index (κ2) is 4.00. The molecule has 2 rings (SSSR count). The van der Waals surface area contributed by atoms with E-state index < -0.39 is 0 Å². The third-order valence-corrected chi connectivity index (χ3v) is 4.03. The maximum absolute atomic E-state index is 3.71. The molecule has 0 aliphatic heterocycles. The van der Waals surface area contributed by atoms with Crippen molar-refractivity contribution in [1.29, 1.82) is 0 Å². The first-order valence-electron chi connectivity index (χ1n) is 6.11. The first kappa shape index (κ1) is 9.51. The maximum atomic E-state index is 3.71. The van der Waals surface area contributed by atoms with Crippen molar-refractivity contribution < 1.29 is 0 Å². The molecule has 0 heterocycles. The Bertz CT molecular complexity index is 157. The van der Waals surface area contributed by atoms with Gasteiger partial charge in [0.05, 0.1) is 0 Å². The summed E-state index contributed by atoms with van der Waals surface area (Å²) < 4.78 is 0. The molecule has 76 valence electrons. The van der Waals surface area contributed by atoms with E-state index in [1.807, 2.05) is 0 Å². The van der Waals surface area contributed by atoms with Gasteiger partial charge in [0.25, 0.3) is 0 Å². The zero-order chi connectivity index (χ0) is 9.26. The second-order valence-electron chi connectivity index (χ2n) is 4.80. The van der Waals surface area contributed by atoms with E-state index in [1.54, 1.807) is 0 Å². The minimum atomic E-state index is 0.843. The molecule has 1 N–H and O–H groups in total. The molecule has 2 aliphatic rings. The number of hydrogen-bond acceptors (Lipinski definition) is 1. The minimum absolute atomic E-state index is 0.843. The fourth-order valence-electron chi connectivity index (χ4n) is 3.36. The lowest BCUT2D eigenvalue weighted by molar-refractivity contribution is 0.396. The van der Waals surface area contributed by atoms with Gasteiger partial charge >= 0.3 is 0 Å². The predicted molar refractivity (Wildman–Crippen MR) is 56.7 cm³/mol. The van der Waals surface area contributed by atoms with Crippen molar-refractivity contribution in [2.45, 2.75) is 52.0 Å².